The topological polar surface area (TPSA) is 47.5 Å². The second-order valence-electron chi connectivity index (χ2n) is 5.33. The lowest BCUT2D eigenvalue weighted by Gasteiger charge is -2.32. The summed E-state index contributed by atoms with van der Waals surface area (Å²) < 4.78 is 88.7. The highest BCUT2D eigenvalue weighted by molar-refractivity contribution is 6.64. The first-order valence-corrected chi connectivity index (χ1v) is 5.73. The predicted octanol–water partition coefficient (Wildman–Crippen LogP) is 1.15. The SMILES string of the molecule is [2H]c1nc(N(C([2H])([2H])[2H])C([2H])([2H])[2H])c(B2OC(C)(C)C(C)(C)O2)c(C([2H])([2H])[2H])n1. The van der Waals surface area contributed by atoms with E-state index in [1.165, 1.54) is 0 Å². The fourth-order valence-corrected chi connectivity index (χ4v) is 1.70. The molecule has 0 N–H and O–H groups in total. The first kappa shape index (κ1) is 6.10. The van der Waals surface area contributed by atoms with Gasteiger partial charge in [-0.25, -0.2) is 9.97 Å². The van der Waals surface area contributed by atoms with Crippen LogP contribution >= 0.6 is 0 Å². The van der Waals surface area contributed by atoms with Crippen LogP contribution < -0.4 is 10.4 Å². The summed E-state index contributed by atoms with van der Waals surface area (Å²) in [5.74, 6) is -0.769. The minimum Gasteiger partial charge on any atom is -0.399 e. The fraction of sp³-hybridized carbons (Fsp3) is 0.692. The van der Waals surface area contributed by atoms with Crippen molar-refractivity contribution in [2.24, 2.45) is 0 Å². The molecule has 0 spiro atoms. The lowest BCUT2D eigenvalue weighted by atomic mass is 9.77. The van der Waals surface area contributed by atoms with Gasteiger partial charge in [0.05, 0.1) is 11.2 Å². The van der Waals surface area contributed by atoms with E-state index in [9.17, 15) is 0 Å². The van der Waals surface area contributed by atoms with Gasteiger partial charge in [-0.05, 0) is 34.5 Å². The van der Waals surface area contributed by atoms with Crippen LogP contribution in [-0.4, -0.2) is 42.2 Å². The van der Waals surface area contributed by atoms with Crippen LogP contribution in [0.1, 0.15) is 47.1 Å². The van der Waals surface area contributed by atoms with E-state index in [0.29, 0.717) is 0 Å². The Labute approximate surface area is 129 Å². The number of nitrogens with zero attached hydrogens (tertiary/aromatic N) is 3. The van der Waals surface area contributed by atoms with Crippen molar-refractivity contribution in [3.63, 3.8) is 0 Å². The highest BCUT2D eigenvalue weighted by Gasteiger charge is 2.53. The van der Waals surface area contributed by atoms with Crippen LogP contribution in [0, 0.1) is 6.85 Å². The van der Waals surface area contributed by atoms with Crippen LogP contribution in [0.15, 0.2) is 6.30 Å². The Balaban J connectivity index is 2.87. The third-order valence-electron chi connectivity index (χ3n) is 3.51. The van der Waals surface area contributed by atoms with Crippen molar-refractivity contribution < 1.29 is 23.0 Å². The van der Waals surface area contributed by atoms with Gasteiger partial charge in [-0.15, -0.1) is 0 Å². The zero-order valence-corrected chi connectivity index (χ0v) is 11.2. The number of hydrogen-bond acceptors (Lipinski definition) is 5. The first-order valence-electron chi connectivity index (χ1n) is 10.7. The maximum Gasteiger partial charge on any atom is 0.500 e. The van der Waals surface area contributed by atoms with Gasteiger partial charge < -0.3 is 14.2 Å². The molecule has 0 radical (unpaired) electrons. The molecule has 1 fully saturated rings. The molecule has 5 nitrogen and oxygen atoms in total. The zero-order chi connectivity index (χ0) is 22.8. The number of aromatic nitrogens is 2. The third-order valence-corrected chi connectivity index (χ3v) is 3.51. The van der Waals surface area contributed by atoms with E-state index < -0.39 is 62.4 Å². The van der Waals surface area contributed by atoms with E-state index in [1.807, 2.05) is 0 Å². The fourth-order valence-electron chi connectivity index (χ4n) is 1.70. The minimum absolute atomic E-state index is 0.00926. The van der Waals surface area contributed by atoms with Gasteiger partial charge in [0.25, 0.3) is 0 Å². The summed E-state index contributed by atoms with van der Waals surface area (Å²) in [7, 11) is -1.46. The quantitative estimate of drug-likeness (QED) is 0.756. The summed E-state index contributed by atoms with van der Waals surface area (Å²) in [6, 6.07) is 0. The van der Waals surface area contributed by atoms with Crippen molar-refractivity contribution >= 4 is 18.4 Å². The Morgan fingerprint density at radius 2 is 1.84 bits per heavy atom. The smallest absolute Gasteiger partial charge is 0.399 e. The van der Waals surface area contributed by atoms with Crippen LogP contribution in [0.5, 0.6) is 0 Å². The average Bonchev–Trinajstić information content (AvgIpc) is 2.61. The molecule has 0 aromatic carbocycles. The second kappa shape index (κ2) is 4.46. The molecule has 0 saturated carbocycles. The summed E-state index contributed by atoms with van der Waals surface area (Å²) in [6.45, 7) is -2.62. The maximum atomic E-state index is 7.77. The minimum atomic E-state index is -3.23. The summed E-state index contributed by atoms with van der Waals surface area (Å²) >= 11 is 0. The largest absolute Gasteiger partial charge is 0.500 e. The number of rotatable bonds is 2. The molecular formula is C13H22BN3O2. The molecule has 104 valence electrons. The molecule has 2 rings (SSSR count). The van der Waals surface area contributed by atoms with Gasteiger partial charge in [-0.2, -0.15) is 0 Å². The molecule has 1 aliphatic rings. The van der Waals surface area contributed by atoms with Crippen molar-refractivity contribution in [2.75, 3.05) is 18.9 Å². The molecule has 1 saturated heterocycles. The molecule has 1 aromatic heterocycles. The number of aryl methyl sites for hydroxylation is 1. The van der Waals surface area contributed by atoms with E-state index in [4.69, 9.17) is 23.0 Å². The average molecular weight is 273 g/mol. The van der Waals surface area contributed by atoms with Crippen molar-refractivity contribution in [1.29, 1.82) is 0 Å². The van der Waals surface area contributed by atoms with Gasteiger partial charge in [0.1, 0.15) is 13.5 Å². The molecule has 2 heterocycles. The third kappa shape index (κ3) is 2.34. The number of anilines is 1. The van der Waals surface area contributed by atoms with Crippen LogP contribution in [-0.2, 0) is 9.31 Å². The molecule has 1 aliphatic heterocycles. The monoisotopic (exact) mass is 273 g/mol. The zero-order valence-electron chi connectivity index (χ0n) is 21.2. The van der Waals surface area contributed by atoms with E-state index in [-0.39, 0.29) is 4.90 Å². The Morgan fingerprint density at radius 3 is 2.37 bits per heavy atom. The molecule has 1 aromatic rings. The van der Waals surface area contributed by atoms with Crippen LogP contribution in [0.25, 0.3) is 0 Å². The van der Waals surface area contributed by atoms with Crippen LogP contribution in [0.3, 0.4) is 0 Å². The highest BCUT2D eigenvalue weighted by atomic mass is 16.7. The summed E-state index contributed by atoms with van der Waals surface area (Å²) in [4.78, 5) is 7.31. The molecule has 19 heavy (non-hydrogen) atoms. The van der Waals surface area contributed by atoms with Crippen LogP contribution in [0.4, 0.5) is 5.82 Å². The van der Waals surface area contributed by atoms with Gasteiger partial charge in [-0.1, -0.05) is 0 Å². The molecule has 6 heteroatoms. The van der Waals surface area contributed by atoms with Gasteiger partial charge in [-0.3, -0.25) is 0 Å². The van der Waals surface area contributed by atoms with Crippen molar-refractivity contribution in [3.05, 3.63) is 12.0 Å². The summed E-state index contributed by atoms with van der Waals surface area (Å²) in [6.07, 6.45) is -0.843. The van der Waals surface area contributed by atoms with Gasteiger partial charge >= 0.3 is 7.12 Å². The molecule has 0 unspecified atom stereocenters. The van der Waals surface area contributed by atoms with Crippen molar-refractivity contribution in [3.8, 4) is 0 Å². The standard InChI is InChI=1S/C13H22BN3O2/c1-9-10(11(17(6)7)16-8-15-9)14-18-12(2,3)13(4,5)19-14/h8H,1-7H3/i1D3,6D3,7D3,8D. The Bertz CT molecular complexity index is 761. The van der Waals surface area contributed by atoms with Gasteiger partial charge in [0, 0.05) is 37.4 Å². The Morgan fingerprint density at radius 1 is 1.21 bits per heavy atom. The predicted molar refractivity (Wildman–Crippen MR) is 76.8 cm³/mol. The first-order chi connectivity index (χ1) is 12.7. The maximum absolute atomic E-state index is 7.77. The Kier molecular flexibility index (Phi) is 1.43. The Hall–Kier alpha value is -1.14. The molecular weight excluding hydrogens is 241 g/mol. The number of hydrogen-bond donors (Lipinski definition) is 0. The summed E-state index contributed by atoms with van der Waals surface area (Å²) in [5, 5.41) is 0. The lowest BCUT2D eigenvalue weighted by molar-refractivity contribution is 0.00578. The van der Waals surface area contributed by atoms with E-state index in [1.54, 1.807) is 27.7 Å². The van der Waals surface area contributed by atoms with Gasteiger partial charge in [0.15, 0.2) is 0 Å². The normalized spacial score (nSPS) is 30.4. The molecule has 0 aliphatic carbocycles. The van der Waals surface area contributed by atoms with E-state index >= 15 is 0 Å². The van der Waals surface area contributed by atoms with E-state index in [2.05, 4.69) is 9.97 Å². The molecule has 0 atom stereocenters. The summed E-state index contributed by atoms with van der Waals surface area (Å²) in [5.41, 5.74) is -3.03. The van der Waals surface area contributed by atoms with Gasteiger partial charge in [0.2, 0.25) is 0 Å². The van der Waals surface area contributed by atoms with Crippen LogP contribution in [0.2, 0.25) is 0 Å². The lowest BCUT2D eigenvalue weighted by Crippen LogP contribution is -2.41. The highest BCUT2D eigenvalue weighted by Crippen LogP contribution is 2.37. The molecule has 0 amide bonds. The second-order valence-corrected chi connectivity index (χ2v) is 5.33. The van der Waals surface area contributed by atoms with Crippen molar-refractivity contribution in [1.82, 2.24) is 9.97 Å². The van der Waals surface area contributed by atoms with E-state index in [0.717, 1.165) is 0 Å². The van der Waals surface area contributed by atoms with Crippen molar-refractivity contribution in [2.45, 2.75) is 45.7 Å². The molecule has 0 bridgehead atoms.